The van der Waals surface area contributed by atoms with Crippen LogP contribution in [0.15, 0.2) is 30.3 Å². The molecule has 1 aliphatic heterocycles. The summed E-state index contributed by atoms with van der Waals surface area (Å²) in [7, 11) is 3.08. The van der Waals surface area contributed by atoms with Crippen LogP contribution in [-0.4, -0.2) is 66.1 Å². The van der Waals surface area contributed by atoms with Gasteiger partial charge in [0.2, 0.25) is 5.95 Å². The van der Waals surface area contributed by atoms with Gasteiger partial charge in [-0.05, 0) is 18.2 Å². The topological polar surface area (TPSA) is 137 Å². The van der Waals surface area contributed by atoms with Crippen LogP contribution in [0, 0.1) is 10.1 Å². The molecule has 0 spiro atoms. The fourth-order valence-electron chi connectivity index (χ4n) is 3.69. The van der Waals surface area contributed by atoms with Crippen LogP contribution in [-0.2, 0) is 0 Å². The van der Waals surface area contributed by atoms with E-state index in [1.165, 1.54) is 25.3 Å². The molecule has 2 N–H and O–H groups in total. The summed E-state index contributed by atoms with van der Waals surface area (Å²) >= 11 is 5.85. The summed E-state index contributed by atoms with van der Waals surface area (Å²) < 4.78 is 10.7. The first-order chi connectivity index (χ1) is 15.8. The van der Waals surface area contributed by atoms with Crippen LogP contribution in [0.4, 0.5) is 17.5 Å². The number of halogens is 1. The van der Waals surface area contributed by atoms with E-state index in [1.54, 1.807) is 24.1 Å². The lowest BCUT2D eigenvalue weighted by Crippen LogP contribution is -2.49. The van der Waals surface area contributed by atoms with Crippen molar-refractivity contribution in [2.24, 2.45) is 0 Å². The average Bonchev–Trinajstić information content (AvgIpc) is 2.83. The molecule has 1 saturated heterocycles. The highest BCUT2D eigenvalue weighted by atomic mass is 35.5. The van der Waals surface area contributed by atoms with E-state index >= 15 is 0 Å². The number of fused-ring (bicyclic) bond motifs is 1. The van der Waals surface area contributed by atoms with Crippen LogP contribution in [0.25, 0.3) is 10.9 Å². The van der Waals surface area contributed by atoms with Crippen LogP contribution < -0.4 is 20.1 Å². The van der Waals surface area contributed by atoms with E-state index < -0.39 is 4.92 Å². The van der Waals surface area contributed by atoms with Gasteiger partial charge in [-0.25, -0.2) is 4.98 Å². The number of nitrogens with two attached hydrogens (primary N) is 1. The number of hydrogen-bond donors (Lipinski definition) is 1. The van der Waals surface area contributed by atoms with E-state index in [0.717, 1.165) is 0 Å². The molecular formula is C21H21ClN6O5. The van der Waals surface area contributed by atoms with Gasteiger partial charge in [-0.15, -0.1) is 0 Å². The summed E-state index contributed by atoms with van der Waals surface area (Å²) in [4.78, 5) is 36.0. The molecule has 0 unspecified atom stereocenters. The number of hydrogen-bond acceptors (Lipinski definition) is 9. The largest absolute Gasteiger partial charge is 0.493 e. The standard InChI is InChI=1S/C21H21ClN6O5/c1-32-17-10-13-15(11-18(17)33-2)24-21(25-19(13)23)27-7-5-26(6-8-27)20(29)12-3-4-14(22)16(9-12)28(30)31/h3-4,9-11H,5-8H2,1-2H3,(H2,23,24,25). The SMILES string of the molecule is COc1cc2nc(N3CCN(C(=O)c4ccc(Cl)c([N+](=O)[O-])c4)CC3)nc(N)c2cc1OC. The summed E-state index contributed by atoms with van der Waals surface area (Å²) in [5.74, 6) is 1.51. The predicted octanol–water partition coefficient (Wildman–Crippen LogP) is 2.75. The number of methoxy groups -OCH3 is 2. The third-order valence-corrected chi connectivity index (χ3v) is 5.78. The molecule has 12 heteroatoms. The first kappa shape index (κ1) is 22.3. The highest BCUT2D eigenvalue weighted by Crippen LogP contribution is 2.34. The quantitative estimate of drug-likeness (QED) is 0.438. The molecule has 0 saturated carbocycles. The minimum Gasteiger partial charge on any atom is -0.493 e. The second-order valence-corrected chi connectivity index (χ2v) is 7.74. The third kappa shape index (κ3) is 4.27. The van der Waals surface area contributed by atoms with Gasteiger partial charge >= 0.3 is 0 Å². The molecule has 172 valence electrons. The van der Waals surface area contributed by atoms with E-state index in [1.807, 2.05) is 4.90 Å². The van der Waals surface area contributed by atoms with Crippen molar-refractivity contribution in [3.8, 4) is 11.5 Å². The zero-order chi connectivity index (χ0) is 23.7. The van der Waals surface area contributed by atoms with Gasteiger partial charge in [-0.2, -0.15) is 4.98 Å². The smallest absolute Gasteiger partial charge is 0.288 e. The Bertz CT molecular complexity index is 1250. The third-order valence-electron chi connectivity index (χ3n) is 5.46. The number of aromatic nitrogens is 2. The number of piperazine rings is 1. The van der Waals surface area contributed by atoms with Gasteiger partial charge in [-0.1, -0.05) is 11.6 Å². The van der Waals surface area contributed by atoms with Gasteiger partial charge in [0.15, 0.2) is 11.5 Å². The number of nitrogen functional groups attached to an aromatic ring is 1. The molecule has 0 bridgehead atoms. The molecule has 1 amide bonds. The molecule has 2 heterocycles. The molecule has 0 aliphatic carbocycles. The number of carbonyl (C=O) groups is 1. The van der Waals surface area contributed by atoms with Crippen molar-refractivity contribution in [3.63, 3.8) is 0 Å². The summed E-state index contributed by atoms with van der Waals surface area (Å²) in [6.45, 7) is 1.73. The Morgan fingerprint density at radius 3 is 2.39 bits per heavy atom. The van der Waals surface area contributed by atoms with Crippen LogP contribution in [0.3, 0.4) is 0 Å². The zero-order valence-electron chi connectivity index (χ0n) is 17.9. The lowest BCUT2D eigenvalue weighted by molar-refractivity contribution is -0.384. The van der Waals surface area contributed by atoms with E-state index in [4.69, 9.17) is 26.8 Å². The van der Waals surface area contributed by atoms with Crippen molar-refractivity contribution in [2.45, 2.75) is 0 Å². The van der Waals surface area contributed by atoms with E-state index in [-0.39, 0.29) is 22.2 Å². The van der Waals surface area contributed by atoms with Crippen LogP contribution in [0.5, 0.6) is 11.5 Å². The number of benzene rings is 2. The van der Waals surface area contributed by atoms with Crippen molar-refractivity contribution in [2.75, 3.05) is 51.0 Å². The Hall–Kier alpha value is -3.86. The van der Waals surface area contributed by atoms with Gasteiger partial charge in [0.25, 0.3) is 11.6 Å². The number of anilines is 2. The monoisotopic (exact) mass is 472 g/mol. The maximum absolute atomic E-state index is 12.9. The highest BCUT2D eigenvalue weighted by Gasteiger charge is 2.26. The van der Waals surface area contributed by atoms with E-state index in [9.17, 15) is 14.9 Å². The maximum Gasteiger partial charge on any atom is 0.288 e. The molecular weight excluding hydrogens is 452 g/mol. The number of ether oxygens (including phenoxy) is 2. The predicted molar refractivity (Wildman–Crippen MR) is 123 cm³/mol. The fraction of sp³-hybridized carbons (Fsp3) is 0.286. The minimum absolute atomic E-state index is 0.0124. The molecule has 0 atom stereocenters. The lowest BCUT2D eigenvalue weighted by Gasteiger charge is -2.35. The van der Waals surface area contributed by atoms with Crippen molar-refractivity contribution in [3.05, 3.63) is 51.0 Å². The Morgan fingerprint density at radius 2 is 1.76 bits per heavy atom. The summed E-state index contributed by atoms with van der Waals surface area (Å²) in [5, 5.41) is 11.8. The van der Waals surface area contributed by atoms with Crippen LogP contribution in [0.1, 0.15) is 10.4 Å². The van der Waals surface area contributed by atoms with Crippen LogP contribution >= 0.6 is 11.6 Å². The van der Waals surface area contributed by atoms with Gasteiger partial charge in [0, 0.05) is 49.3 Å². The van der Waals surface area contributed by atoms with Crippen molar-refractivity contribution >= 4 is 45.9 Å². The number of nitro groups is 1. The number of carbonyl (C=O) groups excluding carboxylic acids is 1. The molecule has 1 aliphatic rings. The number of nitro benzene ring substituents is 1. The fourth-order valence-corrected chi connectivity index (χ4v) is 3.87. The maximum atomic E-state index is 12.9. The van der Waals surface area contributed by atoms with Gasteiger partial charge in [-0.3, -0.25) is 14.9 Å². The molecule has 4 rings (SSSR count). The Labute approximate surface area is 193 Å². The highest BCUT2D eigenvalue weighted by molar-refractivity contribution is 6.32. The van der Waals surface area contributed by atoms with Crippen molar-refractivity contribution < 1.29 is 19.2 Å². The van der Waals surface area contributed by atoms with Gasteiger partial charge in [0.1, 0.15) is 10.8 Å². The second-order valence-electron chi connectivity index (χ2n) is 7.34. The first-order valence-corrected chi connectivity index (χ1v) is 10.4. The molecule has 3 aromatic rings. The zero-order valence-corrected chi connectivity index (χ0v) is 18.7. The van der Waals surface area contributed by atoms with Gasteiger partial charge in [0.05, 0.1) is 24.7 Å². The van der Waals surface area contributed by atoms with E-state index in [2.05, 4.69) is 9.97 Å². The lowest BCUT2D eigenvalue weighted by atomic mass is 10.1. The average molecular weight is 473 g/mol. The summed E-state index contributed by atoms with van der Waals surface area (Å²) in [5.41, 5.74) is 6.71. The molecule has 0 radical (unpaired) electrons. The number of nitrogens with zero attached hydrogens (tertiary/aromatic N) is 5. The Morgan fingerprint density at radius 1 is 1.09 bits per heavy atom. The summed E-state index contributed by atoms with van der Waals surface area (Å²) in [6.07, 6.45) is 0. The summed E-state index contributed by atoms with van der Waals surface area (Å²) in [6, 6.07) is 7.51. The second kappa shape index (κ2) is 8.94. The number of amides is 1. The Balaban J connectivity index is 1.52. The Kier molecular flexibility index (Phi) is 6.05. The molecule has 1 fully saturated rings. The number of rotatable bonds is 5. The van der Waals surface area contributed by atoms with Crippen molar-refractivity contribution in [1.29, 1.82) is 0 Å². The van der Waals surface area contributed by atoms with Crippen LogP contribution in [0.2, 0.25) is 5.02 Å². The van der Waals surface area contributed by atoms with Gasteiger partial charge < -0.3 is 25.0 Å². The molecule has 11 nitrogen and oxygen atoms in total. The minimum atomic E-state index is -0.608. The van der Waals surface area contributed by atoms with Crippen molar-refractivity contribution in [1.82, 2.24) is 14.9 Å². The van der Waals surface area contributed by atoms with E-state index in [0.29, 0.717) is 60.3 Å². The normalized spacial score (nSPS) is 13.8. The molecule has 2 aromatic carbocycles. The molecule has 1 aromatic heterocycles. The molecule has 33 heavy (non-hydrogen) atoms. The first-order valence-electron chi connectivity index (χ1n) is 9.99.